The fraction of sp³-hybridized carbons (Fsp3) is 0. The highest BCUT2D eigenvalue weighted by molar-refractivity contribution is 6.13. The summed E-state index contributed by atoms with van der Waals surface area (Å²) in [5.74, 6) is 1.60. The van der Waals surface area contributed by atoms with Crippen molar-refractivity contribution in [1.82, 2.24) is 19.5 Å². The Kier molecular flexibility index (Phi) is 7.78. The van der Waals surface area contributed by atoms with Crippen molar-refractivity contribution in [3.63, 3.8) is 0 Å². The van der Waals surface area contributed by atoms with Crippen LogP contribution in [0.1, 0.15) is 0 Å². The maximum Gasteiger partial charge on any atom is 0.160 e. The Labute approximate surface area is 330 Å². The molecule has 9 aromatic carbocycles. The molecule has 0 fully saturated rings. The Bertz CT molecular complexity index is 3290. The predicted octanol–water partition coefficient (Wildman–Crippen LogP) is 13.6. The number of imidazole rings is 1. The van der Waals surface area contributed by atoms with Gasteiger partial charge in [-0.05, 0) is 92.0 Å². The summed E-state index contributed by atoms with van der Waals surface area (Å²) in [5.41, 5.74) is 11.2. The minimum Gasteiger partial charge on any atom is -0.292 e. The molecule has 0 aliphatic rings. The van der Waals surface area contributed by atoms with Crippen LogP contribution in [0.2, 0.25) is 0 Å². The van der Waals surface area contributed by atoms with Crippen molar-refractivity contribution in [2.75, 3.05) is 0 Å². The fourth-order valence-corrected chi connectivity index (χ4v) is 8.18. The molecule has 0 spiro atoms. The molecule has 4 heteroatoms. The minimum atomic E-state index is 0.683. The zero-order valence-electron chi connectivity index (χ0n) is 30.9. The Morgan fingerprint density at radius 2 is 0.982 bits per heavy atom. The largest absolute Gasteiger partial charge is 0.292 e. The molecule has 0 aliphatic heterocycles. The van der Waals surface area contributed by atoms with Gasteiger partial charge in [-0.3, -0.25) is 4.57 Å². The Balaban J connectivity index is 1.04. The lowest BCUT2D eigenvalue weighted by atomic mass is 9.94. The van der Waals surface area contributed by atoms with E-state index >= 15 is 0 Å². The summed E-state index contributed by atoms with van der Waals surface area (Å²) >= 11 is 0. The van der Waals surface area contributed by atoms with E-state index in [9.17, 15) is 0 Å². The second-order valence-corrected chi connectivity index (χ2v) is 14.5. The molecule has 11 aromatic rings. The molecular weight excluding hydrogens is 693 g/mol. The van der Waals surface area contributed by atoms with Gasteiger partial charge in [-0.15, -0.1) is 0 Å². The Morgan fingerprint density at radius 1 is 0.333 bits per heavy atom. The zero-order chi connectivity index (χ0) is 37.7. The first-order chi connectivity index (χ1) is 28.2. The second-order valence-electron chi connectivity index (χ2n) is 14.5. The second kappa shape index (κ2) is 13.6. The highest BCUT2D eigenvalue weighted by atomic mass is 15.1. The van der Waals surface area contributed by atoms with Gasteiger partial charge in [0.05, 0.1) is 22.4 Å². The molecule has 4 nitrogen and oxygen atoms in total. The summed E-state index contributed by atoms with van der Waals surface area (Å²) in [5, 5.41) is 7.17. The molecule has 266 valence electrons. The van der Waals surface area contributed by atoms with E-state index in [0.717, 1.165) is 67.3 Å². The maximum atomic E-state index is 5.34. The van der Waals surface area contributed by atoms with E-state index in [4.69, 9.17) is 15.0 Å². The van der Waals surface area contributed by atoms with Gasteiger partial charge in [0.15, 0.2) is 5.82 Å². The molecule has 11 rings (SSSR count). The topological polar surface area (TPSA) is 43.6 Å². The van der Waals surface area contributed by atoms with Crippen LogP contribution >= 0.6 is 0 Å². The van der Waals surface area contributed by atoms with E-state index in [1.165, 1.54) is 32.3 Å². The summed E-state index contributed by atoms with van der Waals surface area (Å²) in [6.45, 7) is 0. The van der Waals surface area contributed by atoms with Crippen LogP contribution in [-0.2, 0) is 0 Å². The summed E-state index contributed by atoms with van der Waals surface area (Å²) in [6, 6.07) is 72.7. The SMILES string of the molecule is c1ccc(-n2c(-c3ccc(-c4cccc(-c5nc(-c6ccc7ccccc7c6)cc(-c6cc7ccccc7c7ccccc67)n5)c4)cc3)nc3ccccc32)cc1. The van der Waals surface area contributed by atoms with Gasteiger partial charge < -0.3 is 0 Å². The number of benzene rings is 9. The van der Waals surface area contributed by atoms with Gasteiger partial charge >= 0.3 is 0 Å². The van der Waals surface area contributed by atoms with Crippen LogP contribution in [0.3, 0.4) is 0 Å². The summed E-state index contributed by atoms with van der Waals surface area (Å²) in [7, 11) is 0. The third-order valence-electron chi connectivity index (χ3n) is 11.0. The molecule has 0 amide bonds. The van der Waals surface area contributed by atoms with Crippen LogP contribution in [0.4, 0.5) is 0 Å². The third-order valence-corrected chi connectivity index (χ3v) is 11.0. The van der Waals surface area contributed by atoms with Crippen molar-refractivity contribution in [3.8, 4) is 62.1 Å². The molecule has 57 heavy (non-hydrogen) atoms. The van der Waals surface area contributed by atoms with Crippen molar-refractivity contribution in [1.29, 1.82) is 0 Å². The average molecular weight is 727 g/mol. The van der Waals surface area contributed by atoms with Crippen LogP contribution in [-0.4, -0.2) is 19.5 Å². The van der Waals surface area contributed by atoms with Gasteiger partial charge in [-0.1, -0.05) is 158 Å². The van der Waals surface area contributed by atoms with E-state index < -0.39 is 0 Å². The molecule has 0 radical (unpaired) electrons. The minimum absolute atomic E-state index is 0.683. The lowest BCUT2D eigenvalue weighted by Crippen LogP contribution is -1.97. The van der Waals surface area contributed by atoms with Crippen molar-refractivity contribution < 1.29 is 0 Å². The highest BCUT2D eigenvalue weighted by Crippen LogP contribution is 2.38. The van der Waals surface area contributed by atoms with E-state index in [1.807, 2.05) is 12.1 Å². The van der Waals surface area contributed by atoms with Crippen LogP contribution in [0, 0.1) is 0 Å². The monoisotopic (exact) mass is 726 g/mol. The van der Waals surface area contributed by atoms with Gasteiger partial charge in [-0.25, -0.2) is 15.0 Å². The van der Waals surface area contributed by atoms with E-state index in [1.54, 1.807) is 0 Å². The average Bonchev–Trinajstić information content (AvgIpc) is 3.69. The van der Waals surface area contributed by atoms with Gasteiger partial charge in [0, 0.05) is 27.9 Å². The van der Waals surface area contributed by atoms with Crippen molar-refractivity contribution >= 4 is 43.4 Å². The molecule has 0 aliphatic carbocycles. The fourth-order valence-electron chi connectivity index (χ4n) is 8.18. The number of hydrogen-bond donors (Lipinski definition) is 0. The summed E-state index contributed by atoms with van der Waals surface area (Å²) in [4.78, 5) is 15.7. The molecule has 2 heterocycles. The first kappa shape index (κ1) is 32.7. The smallest absolute Gasteiger partial charge is 0.160 e. The first-order valence-electron chi connectivity index (χ1n) is 19.3. The summed E-state index contributed by atoms with van der Waals surface area (Å²) in [6.07, 6.45) is 0. The molecule has 0 N–H and O–H groups in total. The molecule has 0 atom stereocenters. The van der Waals surface area contributed by atoms with Gasteiger partial charge in [0.25, 0.3) is 0 Å². The maximum absolute atomic E-state index is 5.34. The molecular formula is C53H34N4. The molecule has 0 bridgehead atoms. The molecule has 0 saturated carbocycles. The number of nitrogens with zero attached hydrogens (tertiary/aromatic N) is 4. The zero-order valence-corrected chi connectivity index (χ0v) is 30.9. The van der Waals surface area contributed by atoms with Crippen LogP contribution in [0.5, 0.6) is 0 Å². The van der Waals surface area contributed by atoms with Crippen LogP contribution in [0.15, 0.2) is 206 Å². The summed E-state index contributed by atoms with van der Waals surface area (Å²) < 4.78 is 2.24. The number of fused-ring (bicyclic) bond motifs is 5. The number of aromatic nitrogens is 4. The van der Waals surface area contributed by atoms with E-state index in [2.05, 4.69) is 199 Å². The normalized spacial score (nSPS) is 11.5. The van der Waals surface area contributed by atoms with Crippen molar-refractivity contribution in [2.24, 2.45) is 0 Å². The Hall–Kier alpha value is -7.69. The number of para-hydroxylation sites is 3. The van der Waals surface area contributed by atoms with E-state index in [-0.39, 0.29) is 0 Å². The highest BCUT2D eigenvalue weighted by Gasteiger charge is 2.17. The lowest BCUT2D eigenvalue weighted by Gasteiger charge is -2.14. The standard InChI is InChI=1S/C53H34N4/c1-2-18-43(19-3-1)57-51-24-11-10-23-48(51)56-53(57)37-28-25-36(26-29-37)39-16-12-17-42(32-39)52-54-49(41-30-27-35-13-4-5-14-38(35)31-41)34-50(55-52)47-33-40-15-6-7-20-44(40)45-21-8-9-22-46(45)47/h1-34H. The van der Waals surface area contributed by atoms with Crippen LogP contribution < -0.4 is 0 Å². The molecule has 0 unspecified atom stereocenters. The van der Waals surface area contributed by atoms with E-state index in [0.29, 0.717) is 5.82 Å². The molecule has 2 aromatic heterocycles. The lowest BCUT2D eigenvalue weighted by molar-refractivity contribution is 1.10. The van der Waals surface area contributed by atoms with Crippen molar-refractivity contribution in [2.45, 2.75) is 0 Å². The number of hydrogen-bond acceptors (Lipinski definition) is 3. The third kappa shape index (κ3) is 5.83. The van der Waals surface area contributed by atoms with Crippen LogP contribution in [0.25, 0.3) is 105 Å². The van der Waals surface area contributed by atoms with Gasteiger partial charge in [-0.2, -0.15) is 0 Å². The quantitative estimate of drug-likeness (QED) is 0.160. The molecule has 0 saturated heterocycles. The predicted molar refractivity (Wildman–Crippen MR) is 236 cm³/mol. The van der Waals surface area contributed by atoms with Crippen molar-refractivity contribution in [3.05, 3.63) is 206 Å². The number of rotatable bonds is 6. The van der Waals surface area contributed by atoms with Gasteiger partial charge in [0.1, 0.15) is 5.82 Å². The Morgan fingerprint density at radius 3 is 1.84 bits per heavy atom. The first-order valence-corrected chi connectivity index (χ1v) is 19.3. The van der Waals surface area contributed by atoms with Gasteiger partial charge in [0.2, 0.25) is 0 Å².